The van der Waals surface area contributed by atoms with Crippen LogP contribution >= 0.6 is 0 Å². The monoisotopic (exact) mass is 312 g/mol. The molecule has 0 atom stereocenters. The maximum absolute atomic E-state index is 12.9. The molecule has 0 radical (unpaired) electrons. The Labute approximate surface area is 127 Å². The third kappa shape index (κ3) is 3.71. The Bertz CT molecular complexity index is 551. The Kier molecular flexibility index (Phi) is 5.16. The smallest absolute Gasteiger partial charge is 0.246 e. The van der Waals surface area contributed by atoms with E-state index in [0.29, 0.717) is 12.5 Å². The molecule has 1 aromatic rings. The number of rotatable bonds is 6. The first-order valence-corrected chi connectivity index (χ1v) is 8.90. The second kappa shape index (κ2) is 6.70. The Balaban J connectivity index is 2.30. The molecule has 1 aliphatic rings. The van der Waals surface area contributed by atoms with Crippen LogP contribution in [0.5, 0.6) is 0 Å². The highest BCUT2D eigenvalue weighted by atomic mass is 32.2. The predicted molar refractivity (Wildman–Crippen MR) is 82.6 cm³/mol. The van der Waals surface area contributed by atoms with Gasteiger partial charge in [0.2, 0.25) is 16.0 Å². The van der Waals surface area contributed by atoms with Crippen molar-refractivity contribution in [1.29, 1.82) is 0 Å². The van der Waals surface area contributed by atoms with E-state index >= 15 is 0 Å². The molecular weight excluding hydrogens is 288 g/mol. The Morgan fingerprint density at radius 2 is 1.86 bits per heavy atom. The van der Waals surface area contributed by atoms with E-state index < -0.39 is 10.0 Å². The van der Waals surface area contributed by atoms with E-state index in [9.17, 15) is 8.42 Å². The van der Waals surface area contributed by atoms with Crippen molar-refractivity contribution in [3.05, 3.63) is 12.4 Å². The van der Waals surface area contributed by atoms with E-state index in [4.69, 9.17) is 0 Å². The molecule has 0 amide bonds. The largest absolute Gasteiger partial charge is 0.357 e. The van der Waals surface area contributed by atoms with E-state index in [1.807, 2.05) is 13.8 Å². The van der Waals surface area contributed by atoms with E-state index in [1.165, 1.54) is 12.4 Å². The second-order valence-electron chi connectivity index (χ2n) is 5.90. The van der Waals surface area contributed by atoms with Crippen LogP contribution in [0.4, 0.5) is 5.95 Å². The molecular formula is C14H24N4O2S. The van der Waals surface area contributed by atoms with E-state index in [0.717, 1.165) is 25.7 Å². The van der Waals surface area contributed by atoms with Gasteiger partial charge in [-0.05, 0) is 18.8 Å². The van der Waals surface area contributed by atoms with Crippen LogP contribution in [0.15, 0.2) is 17.3 Å². The molecule has 1 fully saturated rings. The van der Waals surface area contributed by atoms with Gasteiger partial charge in [0.25, 0.3) is 0 Å². The van der Waals surface area contributed by atoms with Crippen molar-refractivity contribution >= 4 is 16.0 Å². The van der Waals surface area contributed by atoms with Gasteiger partial charge in [-0.2, -0.15) is 4.31 Å². The molecule has 6 nitrogen and oxygen atoms in total. The van der Waals surface area contributed by atoms with Gasteiger partial charge in [-0.25, -0.2) is 18.4 Å². The third-order valence-corrected chi connectivity index (χ3v) is 5.61. The van der Waals surface area contributed by atoms with Gasteiger partial charge in [0, 0.05) is 19.6 Å². The molecule has 1 aromatic heterocycles. The van der Waals surface area contributed by atoms with E-state index in [2.05, 4.69) is 15.3 Å². The maximum atomic E-state index is 12.9. The first-order valence-electron chi connectivity index (χ1n) is 7.46. The predicted octanol–water partition coefficient (Wildman–Crippen LogP) is 2.11. The van der Waals surface area contributed by atoms with Crippen LogP contribution in [-0.4, -0.2) is 42.3 Å². The molecule has 118 valence electrons. The summed E-state index contributed by atoms with van der Waals surface area (Å²) in [5, 5.41) is 2.79. The lowest BCUT2D eigenvalue weighted by Gasteiger charge is -2.29. The summed E-state index contributed by atoms with van der Waals surface area (Å²) in [5.74, 6) is 0.711. The second-order valence-corrected chi connectivity index (χ2v) is 7.79. The van der Waals surface area contributed by atoms with E-state index in [-0.39, 0.29) is 16.9 Å². The van der Waals surface area contributed by atoms with Gasteiger partial charge in [-0.1, -0.05) is 26.7 Å². The summed E-state index contributed by atoms with van der Waals surface area (Å²) in [4.78, 5) is 8.22. The summed E-state index contributed by atoms with van der Waals surface area (Å²) in [6.45, 7) is 4.62. The van der Waals surface area contributed by atoms with Crippen LogP contribution in [0.1, 0.15) is 39.5 Å². The zero-order valence-corrected chi connectivity index (χ0v) is 13.7. The fourth-order valence-corrected chi connectivity index (χ4v) is 4.45. The van der Waals surface area contributed by atoms with Gasteiger partial charge in [0.1, 0.15) is 4.90 Å². The van der Waals surface area contributed by atoms with Crippen LogP contribution in [0.25, 0.3) is 0 Å². The average Bonchev–Trinajstić information content (AvgIpc) is 2.98. The van der Waals surface area contributed by atoms with Crippen LogP contribution in [0.3, 0.4) is 0 Å². The average molecular weight is 312 g/mol. The molecule has 0 saturated heterocycles. The minimum atomic E-state index is -3.52. The van der Waals surface area contributed by atoms with Crippen molar-refractivity contribution in [2.75, 3.05) is 18.9 Å². The topological polar surface area (TPSA) is 75.2 Å². The Hall–Kier alpha value is -1.21. The Morgan fingerprint density at radius 3 is 2.33 bits per heavy atom. The summed E-state index contributed by atoms with van der Waals surface area (Å²) >= 11 is 0. The molecule has 1 heterocycles. The normalized spacial score (nSPS) is 16.8. The molecule has 0 aliphatic heterocycles. The fraction of sp³-hybridized carbons (Fsp3) is 0.714. The van der Waals surface area contributed by atoms with Gasteiger partial charge in [0.05, 0.1) is 12.4 Å². The molecule has 0 unspecified atom stereocenters. The van der Waals surface area contributed by atoms with Crippen LogP contribution in [-0.2, 0) is 10.0 Å². The molecule has 0 spiro atoms. The minimum absolute atomic E-state index is 0.112. The van der Waals surface area contributed by atoms with Crippen LogP contribution in [0.2, 0.25) is 0 Å². The van der Waals surface area contributed by atoms with Gasteiger partial charge in [-0.15, -0.1) is 0 Å². The Morgan fingerprint density at radius 1 is 1.29 bits per heavy atom. The zero-order valence-electron chi connectivity index (χ0n) is 12.9. The number of sulfonamides is 1. The molecule has 21 heavy (non-hydrogen) atoms. The van der Waals surface area contributed by atoms with Crippen molar-refractivity contribution < 1.29 is 8.42 Å². The number of anilines is 1. The summed E-state index contributed by atoms with van der Waals surface area (Å²) < 4.78 is 27.4. The van der Waals surface area contributed by atoms with Crippen LogP contribution in [0, 0.1) is 5.92 Å². The van der Waals surface area contributed by atoms with Gasteiger partial charge in [0.15, 0.2) is 0 Å². The molecule has 2 rings (SSSR count). The fourth-order valence-electron chi connectivity index (χ4n) is 2.71. The first kappa shape index (κ1) is 16.2. The minimum Gasteiger partial charge on any atom is -0.357 e. The molecule has 1 N–H and O–H groups in total. The summed E-state index contributed by atoms with van der Waals surface area (Å²) in [7, 11) is -1.82. The number of hydrogen-bond donors (Lipinski definition) is 1. The van der Waals surface area contributed by atoms with Gasteiger partial charge < -0.3 is 5.32 Å². The lowest BCUT2D eigenvalue weighted by molar-refractivity contribution is 0.292. The highest BCUT2D eigenvalue weighted by Crippen LogP contribution is 2.29. The quantitative estimate of drug-likeness (QED) is 0.870. The highest BCUT2D eigenvalue weighted by molar-refractivity contribution is 7.89. The number of nitrogens with one attached hydrogen (secondary N) is 1. The van der Waals surface area contributed by atoms with Crippen LogP contribution < -0.4 is 5.32 Å². The molecule has 7 heteroatoms. The van der Waals surface area contributed by atoms with Crippen molar-refractivity contribution in [3.8, 4) is 0 Å². The lowest BCUT2D eigenvalue weighted by Crippen LogP contribution is -2.41. The molecule has 0 aromatic carbocycles. The van der Waals surface area contributed by atoms with Gasteiger partial charge >= 0.3 is 0 Å². The number of aromatic nitrogens is 2. The SMILES string of the molecule is CNc1ncc(S(=O)(=O)N(CC(C)C)C2CCCC2)cn1. The summed E-state index contributed by atoms with van der Waals surface area (Å²) in [6, 6.07) is 0.112. The summed E-state index contributed by atoms with van der Waals surface area (Å²) in [5.41, 5.74) is 0. The molecule has 1 aliphatic carbocycles. The molecule has 1 saturated carbocycles. The maximum Gasteiger partial charge on any atom is 0.246 e. The third-order valence-electron chi connectivity index (χ3n) is 3.74. The lowest BCUT2D eigenvalue weighted by atomic mass is 10.2. The number of nitrogens with zero attached hydrogens (tertiary/aromatic N) is 3. The standard InChI is InChI=1S/C14H24N4O2S/c1-11(2)10-18(12-6-4-5-7-12)21(19,20)13-8-16-14(15-3)17-9-13/h8-9,11-12H,4-7,10H2,1-3H3,(H,15,16,17). The van der Waals surface area contributed by atoms with Crippen molar-refractivity contribution in [2.45, 2.75) is 50.5 Å². The van der Waals surface area contributed by atoms with E-state index in [1.54, 1.807) is 11.4 Å². The van der Waals surface area contributed by atoms with Gasteiger partial charge in [-0.3, -0.25) is 0 Å². The van der Waals surface area contributed by atoms with Crippen molar-refractivity contribution in [1.82, 2.24) is 14.3 Å². The molecule has 0 bridgehead atoms. The first-order chi connectivity index (χ1) is 9.95. The summed E-state index contributed by atoms with van der Waals surface area (Å²) in [6.07, 6.45) is 6.86. The number of hydrogen-bond acceptors (Lipinski definition) is 5. The van der Waals surface area contributed by atoms with Crippen molar-refractivity contribution in [2.24, 2.45) is 5.92 Å². The van der Waals surface area contributed by atoms with Crippen molar-refractivity contribution in [3.63, 3.8) is 0 Å². The highest BCUT2D eigenvalue weighted by Gasteiger charge is 2.34. The zero-order chi connectivity index (χ0) is 15.5.